The van der Waals surface area contributed by atoms with Crippen LogP contribution in [0.15, 0.2) is 53.6 Å². The highest BCUT2D eigenvalue weighted by Crippen LogP contribution is 2.37. The van der Waals surface area contributed by atoms with Crippen LogP contribution in [-0.4, -0.2) is 40.9 Å². The van der Waals surface area contributed by atoms with E-state index in [1.165, 1.54) is 24.4 Å². The Labute approximate surface area is 185 Å². The third-order valence-corrected chi connectivity index (χ3v) is 6.04. The van der Waals surface area contributed by atoms with Crippen molar-refractivity contribution in [3.8, 4) is 0 Å². The number of hydrogen-bond donors (Lipinski definition) is 2. The summed E-state index contributed by atoms with van der Waals surface area (Å²) < 4.78 is 39.7. The predicted molar refractivity (Wildman–Crippen MR) is 118 cm³/mol. The fourth-order valence-corrected chi connectivity index (χ4v) is 4.22. The average molecular weight is 467 g/mol. The van der Waals surface area contributed by atoms with Gasteiger partial charge in [-0.3, -0.25) is 4.98 Å². The van der Waals surface area contributed by atoms with Gasteiger partial charge in [0.1, 0.15) is 11.9 Å². The number of nitrogens with zero attached hydrogens (tertiary/aromatic N) is 3. The van der Waals surface area contributed by atoms with Crippen LogP contribution in [0.4, 0.5) is 4.39 Å². The lowest BCUT2D eigenvalue weighted by Gasteiger charge is -2.18. The summed E-state index contributed by atoms with van der Waals surface area (Å²) in [7, 11) is -3.45. The Balaban J connectivity index is 2.16. The number of rotatable bonds is 8. The highest BCUT2D eigenvalue weighted by molar-refractivity contribution is 7.90. The van der Waals surface area contributed by atoms with E-state index < -0.39 is 15.9 Å². The molecule has 1 unspecified atom stereocenters. The summed E-state index contributed by atoms with van der Waals surface area (Å²) in [5.41, 5.74) is 2.93. The number of halogens is 2. The molecule has 1 atom stereocenters. The van der Waals surface area contributed by atoms with E-state index >= 15 is 0 Å². The SMILES string of the molecule is CC(C)c1c(C(O)c2ccc(S(C)(=O)=O)nc2)c2ncccc2n1C/C(F)=C/CNCl. The second-order valence-electron chi connectivity index (χ2n) is 7.50. The molecule has 0 aliphatic rings. The normalized spacial score (nSPS) is 13.8. The monoisotopic (exact) mass is 466 g/mol. The summed E-state index contributed by atoms with van der Waals surface area (Å²) in [5, 5.41) is 11.1. The Morgan fingerprint density at radius 2 is 2.06 bits per heavy atom. The van der Waals surface area contributed by atoms with Gasteiger partial charge in [0.05, 0.1) is 17.6 Å². The lowest BCUT2D eigenvalue weighted by Crippen LogP contribution is -2.11. The number of fused-ring (bicyclic) bond motifs is 1. The van der Waals surface area contributed by atoms with Crippen LogP contribution in [0.3, 0.4) is 0 Å². The van der Waals surface area contributed by atoms with Crippen molar-refractivity contribution >= 4 is 32.6 Å². The topological polar surface area (TPSA) is 97.1 Å². The molecule has 3 aromatic heterocycles. The molecule has 0 aromatic carbocycles. The second-order valence-corrected chi connectivity index (χ2v) is 9.73. The summed E-state index contributed by atoms with van der Waals surface area (Å²) >= 11 is 5.42. The van der Waals surface area contributed by atoms with Crippen molar-refractivity contribution in [2.45, 2.75) is 37.4 Å². The Hall–Kier alpha value is -2.33. The highest BCUT2D eigenvalue weighted by atomic mass is 35.5. The quantitative estimate of drug-likeness (QED) is 0.492. The van der Waals surface area contributed by atoms with E-state index in [1.807, 2.05) is 19.9 Å². The van der Waals surface area contributed by atoms with Gasteiger partial charge in [-0.2, -0.15) is 0 Å². The van der Waals surface area contributed by atoms with Crippen LogP contribution in [0.5, 0.6) is 0 Å². The van der Waals surface area contributed by atoms with E-state index in [-0.39, 0.29) is 29.9 Å². The molecule has 0 spiro atoms. The van der Waals surface area contributed by atoms with Crippen molar-refractivity contribution in [1.29, 1.82) is 0 Å². The number of sulfone groups is 1. The van der Waals surface area contributed by atoms with Gasteiger partial charge in [-0.05, 0) is 42.0 Å². The summed E-state index contributed by atoms with van der Waals surface area (Å²) in [6.45, 7) is 4.05. The molecule has 0 radical (unpaired) electrons. The molecule has 0 saturated heterocycles. The van der Waals surface area contributed by atoms with Crippen LogP contribution in [0.25, 0.3) is 11.0 Å². The zero-order chi connectivity index (χ0) is 22.8. The van der Waals surface area contributed by atoms with E-state index in [0.717, 1.165) is 11.9 Å². The summed E-state index contributed by atoms with van der Waals surface area (Å²) in [6.07, 6.45) is 4.25. The van der Waals surface area contributed by atoms with Crippen molar-refractivity contribution in [2.24, 2.45) is 0 Å². The molecular formula is C21H24ClFN4O3S. The molecule has 166 valence electrons. The van der Waals surface area contributed by atoms with Crippen LogP contribution >= 0.6 is 11.8 Å². The largest absolute Gasteiger partial charge is 0.383 e. The van der Waals surface area contributed by atoms with Crippen LogP contribution in [0, 0.1) is 0 Å². The van der Waals surface area contributed by atoms with Crippen LogP contribution in [0.1, 0.15) is 42.7 Å². The lowest BCUT2D eigenvalue weighted by molar-refractivity contribution is 0.219. The lowest BCUT2D eigenvalue weighted by atomic mass is 9.97. The highest BCUT2D eigenvalue weighted by Gasteiger charge is 2.27. The van der Waals surface area contributed by atoms with Gasteiger partial charge in [0.25, 0.3) is 0 Å². The third-order valence-electron chi connectivity index (χ3n) is 4.88. The minimum atomic E-state index is -3.45. The van der Waals surface area contributed by atoms with E-state index in [2.05, 4.69) is 14.8 Å². The minimum absolute atomic E-state index is 0.0355. The Kier molecular flexibility index (Phi) is 7.10. The molecule has 0 aliphatic carbocycles. The van der Waals surface area contributed by atoms with Crippen LogP contribution < -0.4 is 4.84 Å². The molecule has 0 amide bonds. The minimum Gasteiger partial charge on any atom is -0.383 e. The molecule has 0 bridgehead atoms. The molecule has 0 saturated carbocycles. The zero-order valence-corrected chi connectivity index (χ0v) is 19.0. The third kappa shape index (κ3) is 4.95. The molecular weight excluding hydrogens is 443 g/mol. The Bertz CT molecular complexity index is 1210. The molecule has 3 rings (SSSR count). The average Bonchev–Trinajstić information content (AvgIpc) is 3.05. The molecule has 0 fully saturated rings. The van der Waals surface area contributed by atoms with Crippen LogP contribution in [0.2, 0.25) is 0 Å². The van der Waals surface area contributed by atoms with E-state index in [4.69, 9.17) is 11.8 Å². The van der Waals surface area contributed by atoms with Gasteiger partial charge < -0.3 is 9.67 Å². The fraction of sp³-hybridized carbons (Fsp3) is 0.333. The molecule has 10 heteroatoms. The fourth-order valence-electron chi connectivity index (χ4n) is 3.59. The van der Waals surface area contributed by atoms with Crippen molar-refractivity contribution in [3.05, 3.63) is 65.4 Å². The molecule has 0 aliphatic heterocycles. The number of hydrogen-bond acceptors (Lipinski definition) is 6. The first kappa shape index (κ1) is 23.3. The number of allylic oxidation sites excluding steroid dienone is 1. The van der Waals surface area contributed by atoms with Gasteiger partial charge in [0, 0.05) is 42.0 Å². The van der Waals surface area contributed by atoms with Gasteiger partial charge >= 0.3 is 0 Å². The van der Waals surface area contributed by atoms with Gasteiger partial charge in [0.2, 0.25) is 0 Å². The number of aliphatic hydroxyl groups excluding tert-OH is 1. The van der Waals surface area contributed by atoms with Crippen molar-refractivity contribution in [1.82, 2.24) is 19.4 Å². The first-order valence-corrected chi connectivity index (χ1v) is 11.9. The Morgan fingerprint density at radius 1 is 1.32 bits per heavy atom. The summed E-state index contributed by atoms with van der Waals surface area (Å²) in [4.78, 5) is 10.8. The first-order chi connectivity index (χ1) is 14.6. The number of pyridine rings is 2. The molecule has 3 heterocycles. The Morgan fingerprint density at radius 3 is 2.65 bits per heavy atom. The van der Waals surface area contributed by atoms with Crippen molar-refractivity contribution < 1.29 is 17.9 Å². The van der Waals surface area contributed by atoms with E-state index in [0.29, 0.717) is 22.2 Å². The number of nitrogens with one attached hydrogen (secondary N) is 1. The summed E-state index contributed by atoms with van der Waals surface area (Å²) in [5.74, 6) is -0.433. The summed E-state index contributed by atoms with van der Waals surface area (Å²) in [6, 6.07) is 6.46. The molecule has 2 N–H and O–H groups in total. The van der Waals surface area contributed by atoms with Crippen LogP contribution in [-0.2, 0) is 16.4 Å². The molecule has 31 heavy (non-hydrogen) atoms. The first-order valence-electron chi connectivity index (χ1n) is 9.64. The second kappa shape index (κ2) is 9.44. The zero-order valence-electron chi connectivity index (χ0n) is 17.4. The standard InChI is InChI=1S/C21H24ClFN4O3S/c1-13(2)20-18(21(28)14-6-7-17(25-11-14)31(3,29)30)19-16(5-4-9-24-19)27(20)12-15(23)8-10-26-22/h4-9,11,13,21,26,28H,10,12H2,1-3H3/b15-8-. The smallest absolute Gasteiger partial charge is 0.192 e. The molecule has 3 aromatic rings. The van der Waals surface area contributed by atoms with E-state index in [1.54, 1.807) is 16.8 Å². The predicted octanol–water partition coefficient (Wildman–Crippen LogP) is 3.64. The maximum absolute atomic E-state index is 14.5. The van der Waals surface area contributed by atoms with Crippen molar-refractivity contribution in [2.75, 3.05) is 12.8 Å². The van der Waals surface area contributed by atoms with Gasteiger partial charge in [0.15, 0.2) is 14.9 Å². The molecule has 7 nitrogen and oxygen atoms in total. The number of aliphatic hydroxyl groups is 1. The maximum Gasteiger partial charge on any atom is 0.192 e. The number of aromatic nitrogens is 3. The van der Waals surface area contributed by atoms with Gasteiger partial charge in [-0.25, -0.2) is 22.6 Å². The van der Waals surface area contributed by atoms with Crippen molar-refractivity contribution in [3.63, 3.8) is 0 Å². The maximum atomic E-state index is 14.5. The van der Waals surface area contributed by atoms with Gasteiger partial charge in [-0.1, -0.05) is 19.9 Å². The van der Waals surface area contributed by atoms with E-state index in [9.17, 15) is 17.9 Å². The van der Waals surface area contributed by atoms with Gasteiger partial charge in [-0.15, -0.1) is 0 Å².